The molecule has 0 saturated carbocycles. The fraction of sp³-hybridized carbons (Fsp3) is 0.167. The standard InChI is InChI=1S/C12H13N3O2/c13-12(14)11-6-9(3-4-15-11)7-16-8-10-2-1-5-17-10/h1-6H,7-8H2,(H3,13,14). The molecule has 2 rings (SSSR count). The van der Waals surface area contributed by atoms with E-state index >= 15 is 0 Å². The van der Waals surface area contributed by atoms with Gasteiger partial charge in [0.1, 0.15) is 23.9 Å². The Kier molecular flexibility index (Phi) is 3.52. The van der Waals surface area contributed by atoms with Gasteiger partial charge in [0.2, 0.25) is 0 Å². The van der Waals surface area contributed by atoms with E-state index < -0.39 is 0 Å². The Morgan fingerprint density at radius 3 is 3.00 bits per heavy atom. The van der Waals surface area contributed by atoms with Crippen molar-refractivity contribution in [2.75, 3.05) is 0 Å². The highest BCUT2D eigenvalue weighted by atomic mass is 16.5. The van der Waals surface area contributed by atoms with E-state index in [0.29, 0.717) is 18.9 Å². The number of rotatable bonds is 5. The molecule has 0 aliphatic carbocycles. The fourth-order valence-electron chi connectivity index (χ4n) is 1.38. The number of hydrogen-bond acceptors (Lipinski definition) is 4. The van der Waals surface area contributed by atoms with Gasteiger partial charge in [-0.25, -0.2) is 0 Å². The maximum Gasteiger partial charge on any atom is 0.141 e. The first-order valence-electron chi connectivity index (χ1n) is 5.15. The van der Waals surface area contributed by atoms with Crippen LogP contribution in [0.2, 0.25) is 0 Å². The summed E-state index contributed by atoms with van der Waals surface area (Å²) in [5, 5.41) is 7.28. The Morgan fingerprint density at radius 1 is 1.41 bits per heavy atom. The van der Waals surface area contributed by atoms with Gasteiger partial charge in [0.15, 0.2) is 0 Å². The normalized spacial score (nSPS) is 10.4. The molecule has 0 aromatic carbocycles. The van der Waals surface area contributed by atoms with Gasteiger partial charge in [0.25, 0.3) is 0 Å². The van der Waals surface area contributed by atoms with Gasteiger partial charge in [-0.3, -0.25) is 10.4 Å². The number of ether oxygens (including phenoxy) is 1. The summed E-state index contributed by atoms with van der Waals surface area (Å²) >= 11 is 0. The van der Waals surface area contributed by atoms with Crippen molar-refractivity contribution in [1.29, 1.82) is 5.41 Å². The third-order valence-electron chi connectivity index (χ3n) is 2.19. The van der Waals surface area contributed by atoms with Gasteiger partial charge in [-0.2, -0.15) is 0 Å². The zero-order valence-corrected chi connectivity index (χ0v) is 9.22. The number of nitrogens with one attached hydrogen (secondary N) is 1. The molecule has 0 amide bonds. The summed E-state index contributed by atoms with van der Waals surface area (Å²) in [4.78, 5) is 3.97. The Labute approximate surface area is 98.7 Å². The van der Waals surface area contributed by atoms with Crippen LogP contribution in [0, 0.1) is 5.41 Å². The molecule has 2 heterocycles. The zero-order valence-electron chi connectivity index (χ0n) is 9.22. The van der Waals surface area contributed by atoms with Crippen molar-refractivity contribution in [3.05, 3.63) is 53.7 Å². The van der Waals surface area contributed by atoms with Crippen LogP contribution in [0.3, 0.4) is 0 Å². The molecule has 0 saturated heterocycles. The smallest absolute Gasteiger partial charge is 0.141 e. The van der Waals surface area contributed by atoms with Crippen LogP contribution in [0.1, 0.15) is 17.0 Å². The van der Waals surface area contributed by atoms with E-state index in [2.05, 4.69) is 4.98 Å². The highest BCUT2D eigenvalue weighted by Crippen LogP contribution is 2.07. The lowest BCUT2D eigenvalue weighted by Gasteiger charge is -2.04. The van der Waals surface area contributed by atoms with E-state index in [0.717, 1.165) is 11.3 Å². The predicted molar refractivity (Wildman–Crippen MR) is 62.5 cm³/mol. The number of hydrogen-bond donors (Lipinski definition) is 2. The molecule has 5 nitrogen and oxygen atoms in total. The van der Waals surface area contributed by atoms with Crippen LogP contribution in [0.4, 0.5) is 0 Å². The van der Waals surface area contributed by atoms with Gasteiger partial charge in [-0.1, -0.05) is 0 Å². The number of pyridine rings is 1. The van der Waals surface area contributed by atoms with Gasteiger partial charge in [0.05, 0.1) is 12.9 Å². The van der Waals surface area contributed by atoms with Crippen LogP contribution in [0.15, 0.2) is 41.1 Å². The average Bonchev–Trinajstić information content (AvgIpc) is 2.82. The zero-order chi connectivity index (χ0) is 12.1. The number of nitrogen functional groups attached to an aromatic ring is 1. The van der Waals surface area contributed by atoms with E-state index in [4.69, 9.17) is 20.3 Å². The Bertz CT molecular complexity index is 494. The second-order valence-electron chi connectivity index (χ2n) is 3.54. The van der Waals surface area contributed by atoms with Crippen molar-refractivity contribution < 1.29 is 9.15 Å². The van der Waals surface area contributed by atoms with Crippen molar-refractivity contribution in [1.82, 2.24) is 4.98 Å². The topological polar surface area (TPSA) is 85.1 Å². The summed E-state index contributed by atoms with van der Waals surface area (Å²) in [7, 11) is 0. The van der Waals surface area contributed by atoms with Crippen molar-refractivity contribution in [2.45, 2.75) is 13.2 Å². The van der Waals surface area contributed by atoms with E-state index in [9.17, 15) is 0 Å². The Hall–Kier alpha value is -2.14. The molecule has 3 N–H and O–H groups in total. The summed E-state index contributed by atoms with van der Waals surface area (Å²) in [6, 6.07) is 7.24. The maximum atomic E-state index is 7.28. The van der Waals surface area contributed by atoms with Crippen LogP contribution in [0.25, 0.3) is 0 Å². The first kappa shape index (κ1) is 11.3. The summed E-state index contributed by atoms with van der Waals surface area (Å²) in [6.45, 7) is 0.855. The second kappa shape index (κ2) is 5.27. The molecule has 0 spiro atoms. The molecule has 0 aliphatic heterocycles. The third kappa shape index (κ3) is 3.15. The molecule has 0 unspecified atom stereocenters. The summed E-state index contributed by atoms with van der Waals surface area (Å²) in [6.07, 6.45) is 3.22. The van der Waals surface area contributed by atoms with Crippen molar-refractivity contribution >= 4 is 5.84 Å². The van der Waals surface area contributed by atoms with E-state index in [1.807, 2.05) is 18.2 Å². The van der Waals surface area contributed by atoms with E-state index in [1.165, 1.54) is 0 Å². The molecule has 17 heavy (non-hydrogen) atoms. The maximum absolute atomic E-state index is 7.28. The van der Waals surface area contributed by atoms with Crippen LogP contribution < -0.4 is 5.73 Å². The van der Waals surface area contributed by atoms with Crippen LogP contribution in [-0.4, -0.2) is 10.8 Å². The second-order valence-corrected chi connectivity index (χ2v) is 3.54. The number of nitrogens with zero attached hydrogens (tertiary/aromatic N) is 1. The quantitative estimate of drug-likeness (QED) is 0.605. The van der Waals surface area contributed by atoms with Crippen LogP contribution in [-0.2, 0) is 18.0 Å². The Morgan fingerprint density at radius 2 is 2.29 bits per heavy atom. The highest BCUT2D eigenvalue weighted by Gasteiger charge is 2.01. The van der Waals surface area contributed by atoms with Crippen molar-refractivity contribution in [3.8, 4) is 0 Å². The minimum Gasteiger partial charge on any atom is -0.467 e. The van der Waals surface area contributed by atoms with E-state index in [1.54, 1.807) is 18.5 Å². The molecular formula is C12H13N3O2. The van der Waals surface area contributed by atoms with Crippen LogP contribution in [0.5, 0.6) is 0 Å². The molecule has 0 aliphatic rings. The molecule has 5 heteroatoms. The fourth-order valence-corrected chi connectivity index (χ4v) is 1.38. The average molecular weight is 231 g/mol. The van der Waals surface area contributed by atoms with Gasteiger partial charge in [-0.05, 0) is 29.8 Å². The lowest BCUT2D eigenvalue weighted by molar-refractivity contribution is 0.0929. The molecule has 0 fully saturated rings. The van der Waals surface area contributed by atoms with Gasteiger partial charge in [0, 0.05) is 6.20 Å². The van der Waals surface area contributed by atoms with Crippen molar-refractivity contribution in [2.24, 2.45) is 5.73 Å². The molecule has 2 aromatic rings. The molecule has 88 valence electrons. The lowest BCUT2D eigenvalue weighted by atomic mass is 10.2. The SMILES string of the molecule is N=C(N)c1cc(COCc2ccco2)ccn1. The summed E-state index contributed by atoms with van der Waals surface area (Å²) in [5.41, 5.74) is 6.74. The van der Waals surface area contributed by atoms with Gasteiger partial charge >= 0.3 is 0 Å². The molecule has 0 radical (unpaired) electrons. The Balaban J connectivity index is 1.90. The summed E-state index contributed by atoms with van der Waals surface area (Å²) in [5.74, 6) is 0.740. The van der Waals surface area contributed by atoms with Crippen molar-refractivity contribution in [3.63, 3.8) is 0 Å². The lowest BCUT2D eigenvalue weighted by Crippen LogP contribution is -2.13. The number of aromatic nitrogens is 1. The first-order valence-corrected chi connectivity index (χ1v) is 5.15. The number of furan rings is 1. The molecule has 2 aromatic heterocycles. The minimum absolute atomic E-state index is 0.0436. The van der Waals surface area contributed by atoms with Gasteiger partial charge < -0.3 is 14.9 Å². The first-order chi connectivity index (χ1) is 8.25. The minimum atomic E-state index is -0.0436. The number of amidine groups is 1. The van der Waals surface area contributed by atoms with Crippen LogP contribution >= 0.6 is 0 Å². The highest BCUT2D eigenvalue weighted by molar-refractivity contribution is 5.93. The molecule has 0 bridgehead atoms. The van der Waals surface area contributed by atoms with Gasteiger partial charge in [-0.15, -0.1) is 0 Å². The summed E-state index contributed by atoms with van der Waals surface area (Å²) < 4.78 is 10.6. The third-order valence-corrected chi connectivity index (χ3v) is 2.19. The largest absolute Gasteiger partial charge is 0.467 e. The number of nitrogens with two attached hydrogens (primary N) is 1. The monoisotopic (exact) mass is 231 g/mol. The van der Waals surface area contributed by atoms with E-state index in [-0.39, 0.29) is 5.84 Å². The predicted octanol–water partition coefficient (Wildman–Crippen LogP) is 1.68. The molecule has 0 atom stereocenters. The molecular weight excluding hydrogens is 218 g/mol.